The van der Waals surface area contributed by atoms with Gasteiger partial charge in [-0.2, -0.15) is 0 Å². The van der Waals surface area contributed by atoms with Crippen LogP contribution in [-0.2, 0) is 11.3 Å². The van der Waals surface area contributed by atoms with E-state index >= 15 is 0 Å². The van der Waals surface area contributed by atoms with Gasteiger partial charge in [0.1, 0.15) is 5.75 Å². The topological polar surface area (TPSA) is 63.7 Å². The summed E-state index contributed by atoms with van der Waals surface area (Å²) >= 11 is 16.2. The number of halogens is 3. The van der Waals surface area contributed by atoms with Gasteiger partial charge in [0.15, 0.2) is 0 Å². The standard InChI is InChI=1S/C24H14BrCl2NO4S/c25-17-7-9-20(32-23(30)15-4-2-1-3-5-15)16(11-17)12-21-22(29)28(24(31)33-21)13-14-6-8-18(26)19(27)10-14/h1-12H,13H2/b21-12-. The van der Waals surface area contributed by atoms with Crippen LogP contribution < -0.4 is 4.74 Å². The van der Waals surface area contributed by atoms with Gasteiger partial charge in [0, 0.05) is 10.0 Å². The number of benzene rings is 3. The SMILES string of the molecule is O=C(Oc1ccc(Br)cc1/C=C1\SC(=O)N(Cc2ccc(Cl)c(Cl)c2)C1=O)c1ccccc1. The fourth-order valence-corrected chi connectivity index (χ4v) is 4.58. The van der Waals surface area contributed by atoms with Gasteiger partial charge in [-0.25, -0.2) is 4.79 Å². The third-order valence-electron chi connectivity index (χ3n) is 4.67. The smallest absolute Gasteiger partial charge is 0.343 e. The summed E-state index contributed by atoms with van der Waals surface area (Å²) in [5.41, 5.74) is 1.55. The molecule has 1 heterocycles. The lowest BCUT2D eigenvalue weighted by atomic mass is 10.1. The first-order valence-electron chi connectivity index (χ1n) is 9.58. The van der Waals surface area contributed by atoms with E-state index in [4.69, 9.17) is 27.9 Å². The van der Waals surface area contributed by atoms with E-state index < -0.39 is 17.1 Å². The summed E-state index contributed by atoms with van der Waals surface area (Å²) in [7, 11) is 0. The van der Waals surface area contributed by atoms with Crippen LogP contribution in [-0.4, -0.2) is 22.0 Å². The van der Waals surface area contributed by atoms with E-state index in [1.54, 1.807) is 66.7 Å². The van der Waals surface area contributed by atoms with Gasteiger partial charge in [-0.05, 0) is 65.9 Å². The van der Waals surface area contributed by atoms with E-state index in [1.165, 1.54) is 6.08 Å². The van der Waals surface area contributed by atoms with Crippen LogP contribution in [0.4, 0.5) is 4.79 Å². The van der Waals surface area contributed by atoms with Gasteiger partial charge in [-0.3, -0.25) is 14.5 Å². The lowest BCUT2D eigenvalue weighted by Gasteiger charge is -2.13. The minimum absolute atomic E-state index is 0.0627. The van der Waals surface area contributed by atoms with Crippen molar-refractivity contribution < 1.29 is 19.1 Å². The van der Waals surface area contributed by atoms with Crippen LogP contribution >= 0.6 is 50.9 Å². The number of esters is 1. The van der Waals surface area contributed by atoms with Crippen molar-refractivity contribution in [1.29, 1.82) is 0 Å². The molecule has 0 bridgehead atoms. The summed E-state index contributed by atoms with van der Waals surface area (Å²) in [5.74, 6) is -0.708. The number of hydrogen-bond donors (Lipinski definition) is 0. The van der Waals surface area contributed by atoms with E-state index in [-0.39, 0.29) is 17.2 Å². The molecule has 0 atom stereocenters. The second-order valence-corrected chi connectivity index (χ2v) is 9.68. The number of imide groups is 1. The Labute approximate surface area is 212 Å². The molecule has 1 saturated heterocycles. The number of hydrogen-bond acceptors (Lipinski definition) is 5. The van der Waals surface area contributed by atoms with E-state index in [0.717, 1.165) is 21.1 Å². The summed E-state index contributed by atoms with van der Waals surface area (Å²) in [5, 5.41) is 0.326. The minimum atomic E-state index is -0.528. The molecule has 0 aliphatic carbocycles. The second-order valence-electron chi connectivity index (χ2n) is 6.95. The first-order chi connectivity index (χ1) is 15.8. The lowest BCUT2D eigenvalue weighted by molar-refractivity contribution is -0.123. The number of amides is 2. The van der Waals surface area contributed by atoms with Gasteiger partial charge in [-0.1, -0.05) is 63.4 Å². The van der Waals surface area contributed by atoms with Gasteiger partial charge < -0.3 is 4.74 Å². The maximum atomic E-state index is 13.0. The molecule has 0 spiro atoms. The van der Waals surface area contributed by atoms with Gasteiger partial charge in [0.25, 0.3) is 11.1 Å². The number of nitrogens with zero attached hydrogens (tertiary/aromatic N) is 1. The Morgan fingerprint density at radius 1 is 1.00 bits per heavy atom. The third-order valence-corrected chi connectivity index (χ3v) is 6.81. The highest BCUT2D eigenvalue weighted by atomic mass is 79.9. The molecule has 1 aliphatic rings. The Balaban J connectivity index is 1.59. The van der Waals surface area contributed by atoms with Crippen LogP contribution in [0.2, 0.25) is 10.0 Å². The second kappa shape index (κ2) is 10.1. The Morgan fingerprint density at radius 2 is 1.76 bits per heavy atom. The summed E-state index contributed by atoms with van der Waals surface area (Å²) in [6, 6.07) is 18.6. The van der Waals surface area contributed by atoms with Crippen molar-refractivity contribution in [1.82, 2.24) is 4.90 Å². The van der Waals surface area contributed by atoms with Crippen molar-refractivity contribution in [3.63, 3.8) is 0 Å². The number of carbonyl (C=O) groups is 3. The molecular weight excluding hydrogens is 549 g/mol. The van der Waals surface area contributed by atoms with Crippen LogP contribution in [0.15, 0.2) is 76.1 Å². The van der Waals surface area contributed by atoms with Crippen molar-refractivity contribution in [3.8, 4) is 5.75 Å². The highest BCUT2D eigenvalue weighted by Gasteiger charge is 2.35. The number of rotatable bonds is 5. The maximum Gasteiger partial charge on any atom is 0.343 e. The summed E-state index contributed by atoms with van der Waals surface area (Å²) in [6.45, 7) is 0.0627. The highest BCUT2D eigenvalue weighted by molar-refractivity contribution is 9.10. The van der Waals surface area contributed by atoms with Crippen LogP contribution in [0, 0.1) is 0 Å². The van der Waals surface area contributed by atoms with Gasteiger partial charge in [0.2, 0.25) is 0 Å². The van der Waals surface area contributed by atoms with Crippen molar-refractivity contribution >= 4 is 74.1 Å². The fourth-order valence-electron chi connectivity index (χ4n) is 3.06. The molecular formula is C24H14BrCl2NO4S. The van der Waals surface area contributed by atoms with E-state index in [9.17, 15) is 14.4 Å². The van der Waals surface area contributed by atoms with Crippen molar-refractivity contribution in [2.24, 2.45) is 0 Å². The molecule has 3 aromatic carbocycles. The molecule has 0 unspecified atom stereocenters. The molecule has 9 heteroatoms. The zero-order valence-electron chi connectivity index (χ0n) is 16.8. The predicted octanol–water partition coefficient (Wildman–Crippen LogP) is 7.21. The average molecular weight is 563 g/mol. The van der Waals surface area contributed by atoms with Crippen LogP contribution in [0.3, 0.4) is 0 Å². The fraction of sp³-hybridized carbons (Fsp3) is 0.0417. The van der Waals surface area contributed by atoms with Crippen molar-refractivity contribution in [2.45, 2.75) is 6.54 Å². The first-order valence-corrected chi connectivity index (χ1v) is 11.9. The molecule has 0 saturated carbocycles. The number of thioether (sulfide) groups is 1. The predicted molar refractivity (Wildman–Crippen MR) is 134 cm³/mol. The van der Waals surface area contributed by atoms with Gasteiger partial charge >= 0.3 is 5.97 Å². The van der Waals surface area contributed by atoms with Crippen LogP contribution in [0.25, 0.3) is 6.08 Å². The van der Waals surface area contributed by atoms with Crippen LogP contribution in [0.1, 0.15) is 21.5 Å². The molecule has 1 aliphatic heterocycles. The van der Waals surface area contributed by atoms with Crippen molar-refractivity contribution in [2.75, 3.05) is 0 Å². The van der Waals surface area contributed by atoms with Crippen LogP contribution in [0.5, 0.6) is 5.75 Å². The molecule has 3 aromatic rings. The third kappa shape index (κ3) is 5.50. The van der Waals surface area contributed by atoms with E-state index in [1.807, 2.05) is 0 Å². The molecule has 166 valence electrons. The first kappa shape index (κ1) is 23.6. The molecule has 4 rings (SSSR count). The Bertz CT molecular complexity index is 1300. The monoisotopic (exact) mass is 561 g/mol. The van der Waals surface area contributed by atoms with Crippen molar-refractivity contribution in [3.05, 3.63) is 103 Å². The normalized spacial score (nSPS) is 14.8. The Morgan fingerprint density at radius 3 is 2.48 bits per heavy atom. The Kier molecular flexibility index (Phi) is 7.24. The largest absolute Gasteiger partial charge is 0.422 e. The van der Waals surface area contributed by atoms with Gasteiger partial charge in [0.05, 0.1) is 27.1 Å². The zero-order valence-corrected chi connectivity index (χ0v) is 20.7. The Hall–Kier alpha value is -2.58. The molecule has 0 N–H and O–H groups in total. The average Bonchev–Trinajstić information content (AvgIpc) is 3.06. The molecule has 33 heavy (non-hydrogen) atoms. The lowest BCUT2D eigenvalue weighted by Crippen LogP contribution is -2.27. The number of ether oxygens (including phenoxy) is 1. The maximum absolute atomic E-state index is 13.0. The van der Waals surface area contributed by atoms with E-state index in [2.05, 4.69) is 15.9 Å². The molecule has 1 fully saturated rings. The summed E-state index contributed by atoms with van der Waals surface area (Å²) < 4.78 is 6.28. The molecule has 5 nitrogen and oxygen atoms in total. The zero-order chi connectivity index (χ0) is 23.5. The van der Waals surface area contributed by atoms with E-state index in [0.29, 0.717) is 26.7 Å². The molecule has 0 aromatic heterocycles. The quantitative estimate of drug-likeness (QED) is 0.187. The number of carbonyl (C=O) groups excluding carboxylic acids is 3. The summed E-state index contributed by atoms with van der Waals surface area (Å²) in [4.78, 5) is 39.3. The molecule has 0 radical (unpaired) electrons. The summed E-state index contributed by atoms with van der Waals surface area (Å²) in [6.07, 6.45) is 1.54. The van der Waals surface area contributed by atoms with Gasteiger partial charge in [-0.15, -0.1) is 0 Å². The highest BCUT2D eigenvalue weighted by Crippen LogP contribution is 2.36. The molecule has 2 amide bonds. The minimum Gasteiger partial charge on any atom is -0.422 e.